The molecule has 1 saturated heterocycles. The van der Waals surface area contributed by atoms with Gasteiger partial charge in [-0.25, -0.2) is 4.98 Å². The molecule has 1 aliphatic heterocycles. The van der Waals surface area contributed by atoms with Crippen LogP contribution in [0, 0.1) is 23.7 Å². The summed E-state index contributed by atoms with van der Waals surface area (Å²) < 4.78 is 6.25. The van der Waals surface area contributed by atoms with Gasteiger partial charge in [-0.1, -0.05) is 100 Å². The van der Waals surface area contributed by atoms with Gasteiger partial charge >= 0.3 is 0 Å². The highest BCUT2D eigenvalue weighted by atomic mass is 35.5. The van der Waals surface area contributed by atoms with E-state index in [0.717, 1.165) is 63.8 Å². The second-order valence-corrected chi connectivity index (χ2v) is 21.7. The van der Waals surface area contributed by atoms with Gasteiger partial charge in [0, 0.05) is 54.0 Å². The zero-order chi connectivity index (χ0) is 49.2. The fraction of sp³-hybridized carbons (Fsp3) is 0.415. The molecule has 362 valence electrons. The molecule has 3 aromatic carbocycles. The molecule has 5 atom stereocenters. The zero-order valence-corrected chi connectivity index (χ0v) is 42.4. The average molecular weight is 992 g/mol. The van der Waals surface area contributed by atoms with E-state index in [2.05, 4.69) is 36.1 Å². The van der Waals surface area contributed by atoms with E-state index >= 15 is 0 Å². The minimum Gasteiger partial charge on any atom is -0.486 e. The van der Waals surface area contributed by atoms with Gasteiger partial charge in [0.1, 0.15) is 29.6 Å². The standard InChI is InChI=1S/C53H60Cl2N8O5S/c1-30-22-43(50(66)59-31(2)34-10-14-36(15-11-34)47-32(3)58-29-69-47)63(27-30)51(67)48(52(5,6)7)60-44(64)24-53(20-8-9-21-53)28-57-49(65)37-16-12-35(13-17-37)46-39-23-38(18-19-42(39)61-62-46)68-33(4)45-40(54)25-56-26-41(45)55/h10-19,23,25-26,29-31,33,43,48H,8-9,20-22,24,27-28H2,1-7H3,(H,57,65)(H,59,66)(H,60,64)(H,61,62)/t30-,31+,33-,43+,48-/m1/s1. The van der Waals surface area contributed by atoms with Gasteiger partial charge in [-0.05, 0) is 98.2 Å². The smallest absolute Gasteiger partial charge is 0.251 e. The molecule has 1 saturated carbocycles. The van der Waals surface area contributed by atoms with Crippen molar-refractivity contribution in [2.24, 2.45) is 16.7 Å². The summed E-state index contributed by atoms with van der Waals surface area (Å²) in [4.78, 5) is 67.4. The summed E-state index contributed by atoms with van der Waals surface area (Å²) in [5.74, 6) is -0.261. The number of rotatable bonds is 15. The molecule has 4 amide bonds. The number of halogens is 2. The van der Waals surface area contributed by atoms with Crippen molar-refractivity contribution in [3.63, 3.8) is 0 Å². The Balaban J connectivity index is 0.884. The van der Waals surface area contributed by atoms with Gasteiger partial charge in [0.15, 0.2) is 0 Å². The van der Waals surface area contributed by atoms with Gasteiger partial charge < -0.3 is 25.6 Å². The normalized spacial score (nSPS) is 18.1. The molecule has 6 aromatic rings. The lowest BCUT2D eigenvalue weighted by atomic mass is 9.81. The van der Waals surface area contributed by atoms with E-state index in [0.29, 0.717) is 52.1 Å². The third-order valence-corrected chi connectivity index (χ3v) is 15.3. The van der Waals surface area contributed by atoms with E-state index in [1.807, 2.05) is 109 Å². The van der Waals surface area contributed by atoms with Crippen LogP contribution in [0.4, 0.5) is 0 Å². The lowest BCUT2D eigenvalue weighted by Crippen LogP contribution is -2.58. The summed E-state index contributed by atoms with van der Waals surface area (Å²) in [6.45, 7) is 14.4. The Hall–Kier alpha value is -5.83. The Morgan fingerprint density at radius 3 is 2.28 bits per heavy atom. The van der Waals surface area contributed by atoms with E-state index < -0.39 is 29.0 Å². The minimum absolute atomic E-state index is 0.104. The number of nitrogens with zero attached hydrogens (tertiary/aromatic N) is 4. The Morgan fingerprint density at radius 1 is 0.942 bits per heavy atom. The molecule has 3 aromatic heterocycles. The molecule has 69 heavy (non-hydrogen) atoms. The monoisotopic (exact) mass is 990 g/mol. The predicted octanol–water partition coefficient (Wildman–Crippen LogP) is 10.8. The molecule has 2 fully saturated rings. The number of fused-ring (bicyclic) bond motifs is 1. The number of likely N-dealkylation sites (tertiary alicyclic amines) is 1. The highest BCUT2D eigenvalue weighted by Gasteiger charge is 2.45. The van der Waals surface area contributed by atoms with Gasteiger partial charge in [-0.3, -0.25) is 29.3 Å². The maximum Gasteiger partial charge on any atom is 0.251 e. The lowest BCUT2D eigenvalue weighted by Gasteiger charge is -2.37. The fourth-order valence-corrected chi connectivity index (χ4v) is 11.3. The van der Waals surface area contributed by atoms with Crippen LogP contribution in [0.1, 0.15) is 119 Å². The van der Waals surface area contributed by atoms with Crippen LogP contribution in [-0.4, -0.2) is 73.9 Å². The number of carbonyl (C=O) groups is 4. The lowest BCUT2D eigenvalue weighted by molar-refractivity contribution is -0.144. The topological polar surface area (TPSA) is 171 Å². The number of nitrogens with one attached hydrogen (secondary N) is 4. The molecule has 4 N–H and O–H groups in total. The van der Waals surface area contributed by atoms with Crippen molar-refractivity contribution in [1.82, 2.24) is 41.0 Å². The average Bonchev–Trinajstić information content (AvgIpc) is 4.14. The second kappa shape index (κ2) is 20.6. The highest BCUT2D eigenvalue weighted by molar-refractivity contribution is 7.13. The van der Waals surface area contributed by atoms with Gasteiger partial charge in [-0.15, -0.1) is 11.3 Å². The number of aryl methyl sites for hydroxylation is 1. The highest BCUT2D eigenvalue weighted by Crippen LogP contribution is 2.41. The summed E-state index contributed by atoms with van der Waals surface area (Å²) in [6, 6.07) is 19.2. The molecule has 0 unspecified atom stereocenters. The third-order valence-electron chi connectivity index (χ3n) is 13.7. The number of aromatic amines is 1. The summed E-state index contributed by atoms with van der Waals surface area (Å²) >= 11 is 14.4. The van der Waals surface area contributed by atoms with Gasteiger partial charge in [0.05, 0.1) is 37.7 Å². The molecule has 16 heteroatoms. The molecule has 4 heterocycles. The first-order valence-electron chi connectivity index (χ1n) is 23.6. The number of carbonyl (C=O) groups excluding carboxylic acids is 4. The van der Waals surface area contributed by atoms with Crippen LogP contribution >= 0.6 is 34.5 Å². The van der Waals surface area contributed by atoms with E-state index in [1.165, 1.54) is 12.4 Å². The SMILES string of the molecule is Cc1ncsc1-c1ccc([C@H](C)NC(=O)[C@@H]2C[C@@H](C)CN2C(=O)[C@@H](NC(=O)CC2(CNC(=O)c3ccc(-c4n[nH]c5ccc(O[C@H](C)c6c(Cl)cncc6Cl)cc45)cc3)CCCC2)C(C)(C)C)cc1. The van der Waals surface area contributed by atoms with Gasteiger partial charge in [0.25, 0.3) is 5.91 Å². The van der Waals surface area contributed by atoms with E-state index in [9.17, 15) is 19.2 Å². The molecular weight excluding hydrogens is 932 g/mol. The first-order valence-corrected chi connectivity index (χ1v) is 25.3. The van der Waals surface area contributed by atoms with Crippen molar-refractivity contribution in [3.05, 3.63) is 117 Å². The molecule has 13 nitrogen and oxygen atoms in total. The van der Waals surface area contributed by atoms with E-state index in [1.54, 1.807) is 28.4 Å². The van der Waals surface area contributed by atoms with Crippen molar-refractivity contribution >= 4 is 69.1 Å². The number of ether oxygens (including phenoxy) is 1. The summed E-state index contributed by atoms with van der Waals surface area (Å²) in [5.41, 5.74) is 7.20. The fourth-order valence-electron chi connectivity index (χ4n) is 9.85. The van der Waals surface area contributed by atoms with Crippen LogP contribution in [0.15, 0.2) is 84.6 Å². The maximum atomic E-state index is 14.5. The molecule has 2 aliphatic rings. The van der Waals surface area contributed by atoms with Gasteiger partial charge in [-0.2, -0.15) is 5.10 Å². The number of H-pyrrole nitrogens is 1. The minimum atomic E-state index is -0.864. The zero-order valence-electron chi connectivity index (χ0n) is 40.1. The number of benzene rings is 3. The molecule has 0 bridgehead atoms. The van der Waals surface area contributed by atoms with Crippen LogP contribution < -0.4 is 20.7 Å². The molecule has 8 rings (SSSR count). The quantitative estimate of drug-likeness (QED) is 0.0787. The predicted molar refractivity (Wildman–Crippen MR) is 272 cm³/mol. The number of hydrogen-bond acceptors (Lipinski definition) is 9. The Bertz CT molecular complexity index is 2810. The van der Waals surface area contributed by atoms with Crippen LogP contribution in [-0.2, 0) is 14.4 Å². The Morgan fingerprint density at radius 2 is 1.62 bits per heavy atom. The van der Waals surface area contributed by atoms with E-state index in [4.69, 9.17) is 27.9 Å². The molecular formula is C53H60Cl2N8O5S. The van der Waals surface area contributed by atoms with Crippen molar-refractivity contribution in [1.29, 1.82) is 0 Å². The van der Waals surface area contributed by atoms with Crippen LogP contribution in [0.3, 0.4) is 0 Å². The number of aromatic nitrogens is 4. The third kappa shape index (κ3) is 11.1. The first kappa shape index (κ1) is 49.6. The Labute approximate surface area is 417 Å². The summed E-state index contributed by atoms with van der Waals surface area (Å²) in [6.07, 6.45) is 6.72. The summed E-state index contributed by atoms with van der Waals surface area (Å²) in [7, 11) is 0. The Kier molecular flexibility index (Phi) is 14.8. The van der Waals surface area contributed by atoms with Crippen LogP contribution in [0.25, 0.3) is 32.6 Å². The van der Waals surface area contributed by atoms with Crippen LogP contribution in [0.2, 0.25) is 10.0 Å². The first-order chi connectivity index (χ1) is 32.9. The number of thiazole rings is 1. The maximum absolute atomic E-state index is 14.5. The van der Waals surface area contributed by atoms with Crippen molar-refractivity contribution in [2.45, 2.75) is 111 Å². The molecule has 0 spiro atoms. The van der Waals surface area contributed by atoms with Crippen LogP contribution in [0.5, 0.6) is 5.75 Å². The van der Waals surface area contributed by atoms with Gasteiger partial charge in [0.2, 0.25) is 17.7 Å². The van der Waals surface area contributed by atoms with Crippen molar-refractivity contribution < 1.29 is 23.9 Å². The number of hydrogen-bond donors (Lipinski definition) is 4. The number of pyridine rings is 1. The molecule has 0 radical (unpaired) electrons. The summed E-state index contributed by atoms with van der Waals surface area (Å²) in [5, 5.41) is 18.7. The largest absolute Gasteiger partial charge is 0.486 e. The van der Waals surface area contributed by atoms with Crippen molar-refractivity contribution in [3.8, 4) is 27.4 Å². The molecule has 1 aliphatic carbocycles. The van der Waals surface area contributed by atoms with Crippen molar-refractivity contribution in [2.75, 3.05) is 13.1 Å². The number of amides is 4. The van der Waals surface area contributed by atoms with E-state index in [-0.39, 0.29) is 42.0 Å². The second-order valence-electron chi connectivity index (χ2n) is 20.0.